The summed E-state index contributed by atoms with van der Waals surface area (Å²) in [5.41, 5.74) is 0. The highest BCUT2D eigenvalue weighted by Gasteiger charge is 2.43. The largest absolute Gasteiger partial charge is 0.310 e. The summed E-state index contributed by atoms with van der Waals surface area (Å²) in [4.78, 5) is 0. The van der Waals surface area contributed by atoms with Crippen molar-refractivity contribution >= 4 is 0 Å². The molecular formula is C15H25N. The van der Waals surface area contributed by atoms with Crippen LogP contribution < -0.4 is 5.32 Å². The van der Waals surface area contributed by atoms with E-state index in [1.165, 1.54) is 32.1 Å². The molecule has 2 saturated carbocycles. The van der Waals surface area contributed by atoms with Crippen LogP contribution in [0.1, 0.15) is 46.0 Å². The Bertz CT molecular complexity index is 283. The molecule has 0 saturated heterocycles. The number of nitrogens with one attached hydrogen (secondary N) is 1. The van der Waals surface area contributed by atoms with Gasteiger partial charge in [-0.2, -0.15) is 0 Å². The van der Waals surface area contributed by atoms with Gasteiger partial charge in [-0.05, 0) is 49.4 Å². The standard InChI is InChI=1S/C15H25N/c1-3-11-7-8-14(10(11)2)16-15-9-12-5-4-6-13(12)15/h4,6,10-16H,3,5,7-9H2,1-2H3. The molecule has 0 radical (unpaired) electrons. The highest BCUT2D eigenvalue weighted by Crippen LogP contribution is 2.44. The Hall–Kier alpha value is -0.300. The van der Waals surface area contributed by atoms with E-state index in [1.54, 1.807) is 0 Å². The van der Waals surface area contributed by atoms with Crippen LogP contribution in [0.2, 0.25) is 0 Å². The summed E-state index contributed by atoms with van der Waals surface area (Å²) in [7, 11) is 0. The van der Waals surface area contributed by atoms with Crippen molar-refractivity contribution < 1.29 is 0 Å². The van der Waals surface area contributed by atoms with Crippen LogP contribution in [0, 0.1) is 23.7 Å². The van der Waals surface area contributed by atoms with Gasteiger partial charge in [0.1, 0.15) is 0 Å². The molecule has 0 aromatic rings. The van der Waals surface area contributed by atoms with E-state index in [-0.39, 0.29) is 0 Å². The summed E-state index contributed by atoms with van der Waals surface area (Å²) >= 11 is 0. The van der Waals surface area contributed by atoms with Crippen LogP contribution >= 0.6 is 0 Å². The second-order valence-corrected chi connectivity index (χ2v) is 6.22. The first-order valence-electron chi connectivity index (χ1n) is 7.22. The lowest BCUT2D eigenvalue weighted by Gasteiger charge is -2.43. The number of fused-ring (bicyclic) bond motifs is 1. The molecule has 0 spiro atoms. The van der Waals surface area contributed by atoms with Crippen molar-refractivity contribution in [3.05, 3.63) is 12.2 Å². The van der Waals surface area contributed by atoms with E-state index in [9.17, 15) is 0 Å². The molecule has 3 aliphatic carbocycles. The van der Waals surface area contributed by atoms with Crippen LogP contribution in [0.3, 0.4) is 0 Å². The van der Waals surface area contributed by atoms with Crippen LogP contribution in [0.25, 0.3) is 0 Å². The molecule has 0 aliphatic heterocycles. The molecule has 0 heterocycles. The van der Waals surface area contributed by atoms with Gasteiger partial charge in [-0.1, -0.05) is 32.4 Å². The lowest BCUT2D eigenvalue weighted by molar-refractivity contribution is 0.140. The molecule has 1 nitrogen and oxygen atoms in total. The first-order chi connectivity index (χ1) is 7.79. The molecular weight excluding hydrogens is 194 g/mol. The average Bonchev–Trinajstić information content (AvgIpc) is 2.79. The first-order valence-corrected chi connectivity index (χ1v) is 7.22. The fraction of sp³-hybridized carbons (Fsp3) is 0.867. The van der Waals surface area contributed by atoms with Crippen LogP contribution in [0.4, 0.5) is 0 Å². The molecule has 16 heavy (non-hydrogen) atoms. The van der Waals surface area contributed by atoms with E-state index in [4.69, 9.17) is 0 Å². The number of allylic oxidation sites excluding steroid dienone is 1. The highest BCUT2D eigenvalue weighted by molar-refractivity contribution is 5.13. The van der Waals surface area contributed by atoms with Gasteiger partial charge >= 0.3 is 0 Å². The molecule has 1 N–H and O–H groups in total. The van der Waals surface area contributed by atoms with Gasteiger partial charge in [0.05, 0.1) is 0 Å². The van der Waals surface area contributed by atoms with Crippen molar-refractivity contribution in [2.75, 3.05) is 0 Å². The molecule has 6 atom stereocenters. The molecule has 6 unspecified atom stereocenters. The molecule has 0 aromatic carbocycles. The highest BCUT2D eigenvalue weighted by atomic mass is 15.0. The summed E-state index contributed by atoms with van der Waals surface area (Å²) < 4.78 is 0. The first kappa shape index (κ1) is 10.8. The van der Waals surface area contributed by atoms with Crippen molar-refractivity contribution in [3.8, 4) is 0 Å². The molecule has 0 bridgehead atoms. The lowest BCUT2D eigenvalue weighted by atomic mass is 9.71. The van der Waals surface area contributed by atoms with Crippen LogP contribution in [-0.2, 0) is 0 Å². The van der Waals surface area contributed by atoms with Gasteiger partial charge in [0.15, 0.2) is 0 Å². The molecule has 0 amide bonds. The van der Waals surface area contributed by atoms with E-state index in [2.05, 4.69) is 31.3 Å². The van der Waals surface area contributed by atoms with Gasteiger partial charge in [-0.15, -0.1) is 0 Å². The fourth-order valence-electron chi connectivity index (χ4n) is 4.24. The molecule has 0 aromatic heterocycles. The zero-order valence-electron chi connectivity index (χ0n) is 10.7. The van der Waals surface area contributed by atoms with Crippen LogP contribution in [-0.4, -0.2) is 12.1 Å². The summed E-state index contributed by atoms with van der Waals surface area (Å²) in [6.07, 6.45) is 11.9. The molecule has 90 valence electrons. The SMILES string of the molecule is CCC1CCC(NC2CC3CC=CC32)C1C. The van der Waals surface area contributed by atoms with E-state index >= 15 is 0 Å². The van der Waals surface area contributed by atoms with Crippen molar-refractivity contribution in [1.82, 2.24) is 5.32 Å². The minimum atomic E-state index is 0.810. The Morgan fingerprint density at radius 1 is 1.25 bits per heavy atom. The number of rotatable bonds is 3. The Balaban J connectivity index is 1.54. The minimum Gasteiger partial charge on any atom is -0.310 e. The van der Waals surface area contributed by atoms with Gasteiger partial charge in [-0.25, -0.2) is 0 Å². The fourth-order valence-corrected chi connectivity index (χ4v) is 4.24. The van der Waals surface area contributed by atoms with Crippen molar-refractivity contribution in [1.29, 1.82) is 0 Å². The quantitative estimate of drug-likeness (QED) is 0.718. The predicted molar refractivity (Wildman–Crippen MR) is 68.2 cm³/mol. The maximum absolute atomic E-state index is 3.95. The second-order valence-electron chi connectivity index (χ2n) is 6.22. The normalized spacial score (nSPS) is 50.4. The van der Waals surface area contributed by atoms with Crippen LogP contribution in [0.15, 0.2) is 12.2 Å². The molecule has 1 heteroatoms. The maximum atomic E-state index is 3.95. The Kier molecular flexibility index (Phi) is 2.83. The summed E-state index contributed by atoms with van der Waals surface area (Å²) in [6.45, 7) is 4.81. The van der Waals surface area contributed by atoms with Crippen molar-refractivity contribution in [3.63, 3.8) is 0 Å². The van der Waals surface area contributed by atoms with E-state index in [1.807, 2.05) is 0 Å². The predicted octanol–water partition coefficient (Wildman–Crippen LogP) is 3.37. The summed E-state index contributed by atoms with van der Waals surface area (Å²) in [6, 6.07) is 1.62. The third kappa shape index (κ3) is 1.64. The zero-order chi connectivity index (χ0) is 11.1. The molecule has 3 rings (SSSR count). The smallest absolute Gasteiger partial charge is 0.0138 e. The van der Waals surface area contributed by atoms with E-state index in [0.717, 1.165) is 35.8 Å². The van der Waals surface area contributed by atoms with Gasteiger partial charge < -0.3 is 5.32 Å². The summed E-state index contributed by atoms with van der Waals surface area (Å²) in [5, 5.41) is 3.95. The van der Waals surface area contributed by atoms with E-state index in [0.29, 0.717) is 0 Å². The Morgan fingerprint density at radius 2 is 2.12 bits per heavy atom. The number of hydrogen-bond donors (Lipinski definition) is 1. The van der Waals surface area contributed by atoms with Crippen LogP contribution in [0.5, 0.6) is 0 Å². The van der Waals surface area contributed by atoms with Crippen molar-refractivity contribution in [2.45, 2.75) is 58.0 Å². The van der Waals surface area contributed by atoms with Crippen molar-refractivity contribution in [2.24, 2.45) is 23.7 Å². The zero-order valence-corrected chi connectivity index (χ0v) is 10.7. The number of hydrogen-bond acceptors (Lipinski definition) is 1. The Morgan fingerprint density at radius 3 is 2.81 bits per heavy atom. The topological polar surface area (TPSA) is 12.0 Å². The molecule has 3 aliphatic rings. The Labute approximate surface area is 99.7 Å². The lowest BCUT2D eigenvalue weighted by Crippen LogP contribution is -2.52. The maximum Gasteiger partial charge on any atom is 0.0138 e. The van der Waals surface area contributed by atoms with Gasteiger partial charge in [-0.3, -0.25) is 0 Å². The average molecular weight is 219 g/mol. The van der Waals surface area contributed by atoms with Gasteiger partial charge in [0.25, 0.3) is 0 Å². The van der Waals surface area contributed by atoms with Gasteiger partial charge in [0, 0.05) is 12.1 Å². The third-order valence-corrected chi connectivity index (χ3v) is 5.54. The van der Waals surface area contributed by atoms with Gasteiger partial charge in [0.2, 0.25) is 0 Å². The van der Waals surface area contributed by atoms with E-state index < -0.39 is 0 Å². The third-order valence-electron chi connectivity index (χ3n) is 5.54. The summed E-state index contributed by atoms with van der Waals surface area (Å²) in [5.74, 6) is 3.76. The monoisotopic (exact) mass is 219 g/mol. The minimum absolute atomic E-state index is 0.810. The molecule has 2 fully saturated rings. The second kappa shape index (κ2) is 4.18.